The van der Waals surface area contributed by atoms with E-state index in [1.165, 1.54) is 10.5 Å². The highest BCUT2D eigenvalue weighted by Crippen LogP contribution is 2.18. The van der Waals surface area contributed by atoms with Gasteiger partial charge in [0, 0.05) is 50.6 Å². The topological polar surface area (TPSA) is 47.9 Å². The molecule has 0 aromatic heterocycles. The number of hydrogen-bond donors (Lipinski definition) is 1. The standard InChI is InChI=1S/C21H34N4OS/c1-5-18(25-15-7-8-20(25)26)13-14-23-21(22-6-2)24(3)16-17-9-11-19(27-4)12-10-17/h9-12,18H,5-8,13-16H2,1-4H3,(H,22,23). The first-order chi connectivity index (χ1) is 13.1. The van der Waals surface area contributed by atoms with Crippen LogP contribution < -0.4 is 5.32 Å². The molecule has 6 heteroatoms. The van der Waals surface area contributed by atoms with Crippen molar-refractivity contribution < 1.29 is 4.79 Å². The lowest BCUT2D eigenvalue weighted by Gasteiger charge is -2.27. The molecule has 0 aliphatic carbocycles. The van der Waals surface area contributed by atoms with Crippen molar-refractivity contribution in [2.24, 2.45) is 4.99 Å². The van der Waals surface area contributed by atoms with E-state index in [1.54, 1.807) is 11.8 Å². The highest BCUT2D eigenvalue weighted by molar-refractivity contribution is 7.98. The van der Waals surface area contributed by atoms with Gasteiger partial charge in [0.05, 0.1) is 0 Å². The molecule has 1 unspecified atom stereocenters. The molecular weight excluding hydrogens is 356 g/mol. The van der Waals surface area contributed by atoms with E-state index in [0.29, 0.717) is 18.4 Å². The van der Waals surface area contributed by atoms with Crippen molar-refractivity contribution in [2.75, 3.05) is 32.9 Å². The minimum Gasteiger partial charge on any atom is -0.357 e. The van der Waals surface area contributed by atoms with Crippen LogP contribution in [0.25, 0.3) is 0 Å². The fourth-order valence-corrected chi connectivity index (χ4v) is 3.91. The van der Waals surface area contributed by atoms with E-state index < -0.39 is 0 Å². The number of carbonyl (C=O) groups excluding carboxylic acids is 1. The van der Waals surface area contributed by atoms with Crippen LogP contribution in [0.15, 0.2) is 34.2 Å². The van der Waals surface area contributed by atoms with Crippen molar-refractivity contribution in [1.29, 1.82) is 0 Å². The van der Waals surface area contributed by atoms with E-state index in [9.17, 15) is 4.79 Å². The Hall–Kier alpha value is -1.69. The number of aliphatic imine (C=N–C) groups is 1. The summed E-state index contributed by atoms with van der Waals surface area (Å²) in [4.78, 5) is 22.3. The van der Waals surface area contributed by atoms with Gasteiger partial charge in [-0.2, -0.15) is 0 Å². The Morgan fingerprint density at radius 1 is 1.33 bits per heavy atom. The van der Waals surface area contributed by atoms with E-state index >= 15 is 0 Å². The number of nitrogens with one attached hydrogen (secondary N) is 1. The van der Waals surface area contributed by atoms with Gasteiger partial charge in [-0.3, -0.25) is 9.79 Å². The van der Waals surface area contributed by atoms with Crippen LogP contribution in [0.5, 0.6) is 0 Å². The Balaban J connectivity index is 1.94. The zero-order valence-corrected chi connectivity index (χ0v) is 18.0. The maximum absolute atomic E-state index is 12.0. The Morgan fingerprint density at radius 3 is 2.63 bits per heavy atom. The average molecular weight is 391 g/mol. The van der Waals surface area contributed by atoms with Gasteiger partial charge in [0.25, 0.3) is 0 Å². The molecule has 5 nitrogen and oxygen atoms in total. The van der Waals surface area contributed by atoms with E-state index in [0.717, 1.165) is 51.4 Å². The Kier molecular flexibility index (Phi) is 8.98. The fourth-order valence-electron chi connectivity index (χ4n) is 3.50. The fraction of sp³-hybridized carbons (Fsp3) is 0.619. The number of benzene rings is 1. The van der Waals surface area contributed by atoms with Gasteiger partial charge in [-0.1, -0.05) is 19.1 Å². The van der Waals surface area contributed by atoms with Gasteiger partial charge < -0.3 is 15.1 Å². The quantitative estimate of drug-likeness (QED) is 0.398. The lowest BCUT2D eigenvalue weighted by atomic mass is 10.1. The van der Waals surface area contributed by atoms with Gasteiger partial charge >= 0.3 is 0 Å². The van der Waals surface area contributed by atoms with Gasteiger partial charge in [-0.25, -0.2) is 0 Å². The molecule has 1 aromatic rings. The highest BCUT2D eigenvalue weighted by atomic mass is 32.2. The number of nitrogens with zero attached hydrogens (tertiary/aromatic N) is 3. The summed E-state index contributed by atoms with van der Waals surface area (Å²) >= 11 is 1.76. The smallest absolute Gasteiger partial charge is 0.222 e. The molecule has 150 valence electrons. The van der Waals surface area contributed by atoms with Crippen LogP contribution in [0.2, 0.25) is 0 Å². The van der Waals surface area contributed by atoms with E-state index in [1.807, 2.05) is 0 Å². The number of thioether (sulfide) groups is 1. The Labute approximate surface area is 168 Å². The minimum atomic E-state index is 0.309. The summed E-state index contributed by atoms with van der Waals surface area (Å²) in [5, 5.41) is 3.39. The summed E-state index contributed by atoms with van der Waals surface area (Å²) in [6.07, 6.45) is 5.72. The molecule has 1 saturated heterocycles. The zero-order chi connectivity index (χ0) is 19.6. The van der Waals surface area contributed by atoms with Crippen LogP contribution in [-0.4, -0.2) is 60.6 Å². The first kappa shape index (κ1) is 21.6. The molecule has 0 radical (unpaired) electrons. The van der Waals surface area contributed by atoms with Crippen LogP contribution in [0.4, 0.5) is 0 Å². The number of hydrogen-bond acceptors (Lipinski definition) is 3. The second-order valence-electron chi connectivity index (χ2n) is 6.98. The summed E-state index contributed by atoms with van der Waals surface area (Å²) in [7, 11) is 2.07. The zero-order valence-electron chi connectivity index (χ0n) is 17.2. The number of guanidine groups is 1. The van der Waals surface area contributed by atoms with Crippen LogP contribution >= 0.6 is 11.8 Å². The molecular formula is C21H34N4OS. The monoisotopic (exact) mass is 390 g/mol. The van der Waals surface area contributed by atoms with Crippen LogP contribution in [0.1, 0.15) is 45.1 Å². The second kappa shape index (κ2) is 11.2. The number of carbonyl (C=O) groups is 1. The van der Waals surface area contributed by atoms with Crippen molar-refractivity contribution in [3.05, 3.63) is 29.8 Å². The summed E-state index contributed by atoms with van der Waals surface area (Å²) in [6, 6.07) is 9.00. The third kappa shape index (κ3) is 6.45. The Bertz CT molecular complexity index is 617. The summed E-state index contributed by atoms with van der Waals surface area (Å²) < 4.78 is 0. The third-order valence-electron chi connectivity index (χ3n) is 5.02. The molecule has 1 fully saturated rings. The molecule has 1 heterocycles. The molecule has 0 spiro atoms. The van der Waals surface area contributed by atoms with Crippen molar-refractivity contribution in [2.45, 2.75) is 57.0 Å². The molecule has 1 aliphatic rings. The first-order valence-electron chi connectivity index (χ1n) is 10.0. The summed E-state index contributed by atoms with van der Waals surface area (Å²) in [5.74, 6) is 1.23. The second-order valence-corrected chi connectivity index (χ2v) is 7.86. The molecule has 0 bridgehead atoms. The molecule has 27 heavy (non-hydrogen) atoms. The summed E-state index contributed by atoms with van der Waals surface area (Å²) in [5.41, 5.74) is 1.27. The van der Waals surface area contributed by atoms with Crippen LogP contribution in [0, 0.1) is 0 Å². The van der Waals surface area contributed by atoms with Crippen molar-refractivity contribution in [3.63, 3.8) is 0 Å². The maximum Gasteiger partial charge on any atom is 0.222 e. The molecule has 1 atom stereocenters. The van der Waals surface area contributed by atoms with Crippen LogP contribution in [0.3, 0.4) is 0 Å². The predicted octanol–water partition coefficient (Wildman–Crippen LogP) is 3.60. The van der Waals surface area contributed by atoms with E-state index in [2.05, 4.69) is 66.5 Å². The molecule has 1 N–H and O–H groups in total. The average Bonchev–Trinajstić information content (AvgIpc) is 3.10. The van der Waals surface area contributed by atoms with Crippen molar-refractivity contribution in [1.82, 2.24) is 15.1 Å². The van der Waals surface area contributed by atoms with Crippen LogP contribution in [-0.2, 0) is 11.3 Å². The normalized spacial score (nSPS) is 15.9. The van der Waals surface area contributed by atoms with Gasteiger partial charge in [0.15, 0.2) is 5.96 Å². The Morgan fingerprint density at radius 2 is 2.07 bits per heavy atom. The van der Waals surface area contributed by atoms with Gasteiger partial charge in [-0.15, -0.1) is 11.8 Å². The minimum absolute atomic E-state index is 0.309. The molecule has 1 amide bonds. The summed E-state index contributed by atoms with van der Waals surface area (Å²) in [6.45, 7) is 7.57. The van der Waals surface area contributed by atoms with E-state index in [4.69, 9.17) is 4.99 Å². The van der Waals surface area contributed by atoms with Gasteiger partial charge in [-0.05, 0) is 50.1 Å². The third-order valence-corrected chi connectivity index (χ3v) is 5.76. The van der Waals surface area contributed by atoms with Gasteiger partial charge in [0.2, 0.25) is 5.91 Å². The largest absolute Gasteiger partial charge is 0.357 e. The molecule has 0 saturated carbocycles. The van der Waals surface area contributed by atoms with Crippen molar-refractivity contribution >= 4 is 23.6 Å². The van der Waals surface area contributed by atoms with Crippen molar-refractivity contribution in [3.8, 4) is 0 Å². The number of rotatable bonds is 9. The lowest BCUT2D eigenvalue weighted by Crippen LogP contribution is -2.39. The maximum atomic E-state index is 12.0. The SMILES string of the molecule is CCNC(=NCCC(CC)N1CCCC1=O)N(C)Cc1ccc(SC)cc1. The van der Waals surface area contributed by atoms with Gasteiger partial charge in [0.1, 0.15) is 0 Å². The number of amides is 1. The molecule has 1 aromatic carbocycles. The lowest BCUT2D eigenvalue weighted by molar-refractivity contribution is -0.129. The molecule has 1 aliphatic heterocycles. The molecule has 2 rings (SSSR count). The van der Waals surface area contributed by atoms with E-state index in [-0.39, 0.29) is 0 Å². The predicted molar refractivity (Wildman–Crippen MR) is 115 cm³/mol. The highest BCUT2D eigenvalue weighted by Gasteiger charge is 2.26. The number of likely N-dealkylation sites (tertiary alicyclic amines) is 1. The first-order valence-corrected chi connectivity index (χ1v) is 11.2.